The second-order valence-corrected chi connectivity index (χ2v) is 6.94. The Balaban J connectivity index is 2.09. The first-order valence-electron chi connectivity index (χ1n) is 6.50. The molecule has 0 aromatic heterocycles. The molecule has 1 aliphatic rings. The van der Waals surface area contributed by atoms with Crippen LogP contribution in [0.15, 0.2) is 29.2 Å². The van der Waals surface area contributed by atoms with Crippen molar-refractivity contribution < 1.29 is 13.2 Å². The highest BCUT2D eigenvalue weighted by molar-refractivity contribution is 7.89. The summed E-state index contributed by atoms with van der Waals surface area (Å²) >= 11 is 5.47. The molecule has 7 heteroatoms. The molecular weight excluding hydrogens is 300 g/mol. The van der Waals surface area contributed by atoms with Gasteiger partial charge >= 0.3 is 0 Å². The summed E-state index contributed by atoms with van der Waals surface area (Å²) in [7, 11) is -3.39. The van der Waals surface area contributed by atoms with E-state index < -0.39 is 10.0 Å². The first-order valence-corrected chi connectivity index (χ1v) is 8.47. The van der Waals surface area contributed by atoms with Crippen molar-refractivity contribution in [3.05, 3.63) is 24.3 Å². The maximum Gasteiger partial charge on any atom is 0.243 e. The molecule has 0 saturated carbocycles. The van der Waals surface area contributed by atoms with Gasteiger partial charge in [0.2, 0.25) is 15.9 Å². The van der Waals surface area contributed by atoms with E-state index in [-0.39, 0.29) is 23.1 Å². The lowest BCUT2D eigenvalue weighted by atomic mass is 10.3. The molecule has 110 valence electrons. The van der Waals surface area contributed by atoms with Crippen molar-refractivity contribution in [3.8, 4) is 0 Å². The zero-order valence-corrected chi connectivity index (χ0v) is 12.6. The Bertz CT molecular complexity index is 566. The topological polar surface area (TPSA) is 66.5 Å². The highest BCUT2D eigenvalue weighted by Gasteiger charge is 2.26. The van der Waals surface area contributed by atoms with Crippen molar-refractivity contribution in [1.29, 1.82) is 0 Å². The quantitative estimate of drug-likeness (QED) is 0.845. The number of hydrogen-bond acceptors (Lipinski definition) is 3. The van der Waals surface area contributed by atoms with Gasteiger partial charge in [-0.1, -0.05) is 0 Å². The molecular formula is C13H17ClN2O3S. The van der Waals surface area contributed by atoms with E-state index in [1.54, 1.807) is 12.1 Å². The predicted molar refractivity (Wildman–Crippen MR) is 78.4 cm³/mol. The van der Waals surface area contributed by atoms with Gasteiger partial charge < -0.3 is 5.32 Å². The molecule has 1 fully saturated rings. The fraction of sp³-hybridized carbons (Fsp3) is 0.462. The van der Waals surface area contributed by atoms with Crippen LogP contribution in [0.1, 0.15) is 19.3 Å². The second-order valence-electron chi connectivity index (χ2n) is 4.62. The molecule has 0 aliphatic carbocycles. The maximum atomic E-state index is 12.3. The smallest absolute Gasteiger partial charge is 0.243 e. The van der Waals surface area contributed by atoms with E-state index in [9.17, 15) is 13.2 Å². The summed E-state index contributed by atoms with van der Waals surface area (Å²) in [5.74, 6) is 0.0722. The monoisotopic (exact) mass is 316 g/mol. The first kappa shape index (κ1) is 15.3. The van der Waals surface area contributed by atoms with E-state index in [0.29, 0.717) is 18.8 Å². The molecule has 20 heavy (non-hydrogen) atoms. The fourth-order valence-corrected chi connectivity index (χ4v) is 3.79. The number of rotatable bonds is 5. The zero-order chi connectivity index (χ0) is 14.6. The summed E-state index contributed by atoms with van der Waals surface area (Å²) in [6, 6.07) is 6.22. The highest BCUT2D eigenvalue weighted by Crippen LogP contribution is 2.22. The summed E-state index contributed by atoms with van der Waals surface area (Å²) in [6.45, 7) is 1.16. The van der Waals surface area contributed by atoms with Crippen molar-refractivity contribution in [3.63, 3.8) is 0 Å². The number of alkyl halides is 1. The van der Waals surface area contributed by atoms with Gasteiger partial charge in [0, 0.05) is 31.1 Å². The van der Waals surface area contributed by atoms with Crippen molar-refractivity contribution in [1.82, 2.24) is 4.31 Å². The van der Waals surface area contributed by atoms with Gasteiger partial charge in [0.15, 0.2) is 0 Å². The van der Waals surface area contributed by atoms with Crippen molar-refractivity contribution in [2.45, 2.75) is 24.2 Å². The van der Waals surface area contributed by atoms with Crippen LogP contribution in [-0.4, -0.2) is 37.6 Å². The van der Waals surface area contributed by atoms with Crippen molar-refractivity contribution >= 4 is 33.2 Å². The molecule has 1 aromatic carbocycles. The normalized spacial score (nSPS) is 16.2. The Morgan fingerprint density at radius 3 is 2.35 bits per heavy atom. The van der Waals surface area contributed by atoms with Crippen LogP contribution in [0.2, 0.25) is 0 Å². The number of nitrogens with zero attached hydrogens (tertiary/aromatic N) is 1. The summed E-state index contributed by atoms with van der Waals surface area (Å²) in [6.07, 6.45) is 2.05. The number of anilines is 1. The third-order valence-electron chi connectivity index (χ3n) is 3.16. The highest BCUT2D eigenvalue weighted by atomic mass is 35.5. The standard InChI is InChI=1S/C13H17ClN2O3S/c14-8-7-13(17)15-11-3-5-12(6-4-11)20(18,19)16-9-1-2-10-16/h3-6H,1-2,7-10H2,(H,15,17). The van der Waals surface area contributed by atoms with E-state index in [1.807, 2.05) is 0 Å². The Labute approximate surface area is 124 Å². The molecule has 1 amide bonds. The third kappa shape index (κ3) is 3.50. The number of hydrogen-bond donors (Lipinski definition) is 1. The Morgan fingerprint density at radius 2 is 1.80 bits per heavy atom. The van der Waals surface area contributed by atoms with Crippen LogP contribution in [0.4, 0.5) is 5.69 Å². The van der Waals surface area contributed by atoms with Gasteiger partial charge in [0.05, 0.1) is 4.90 Å². The molecule has 0 radical (unpaired) electrons. The molecule has 2 rings (SSSR count). The average Bonchev–Trinajstić information content (AvgIpc) is 2.94. The average molecular weight is 317 g/mol. The fourth-order valence-electron chi connectivity index (χ4n) is 2.10. The van der Waals surface area contributed by atoms with Crippen LogP contribution in [0, 0.1) is 0 Å². The first-order chi connectivity index (χ1) is 9.54. The molecule has 0 atom stereocenters. The maximum absolute atomic E-state index is 12.3. The van der Waals surface area contributed by atoms with Crippen molar-refractivity contribution in [2.75, 3.05) is 24.3 Å². The van der Waals surface area contributed by atoms with Gasteiger partial charge in [0.25, 0.3) is 0 Å². The Kier molecular flexibility index (Phi) is 5.01. The van der Waals surface area contributed by atoms with Crippen LogP contribution < -0.4 is 5.32 Å². The molecule has 1 aromatic rings. The summed E-state index contributed by atoms with van der Waals surface area (Å²) in [5.41, 5.74) is 0.570. The number of carbonyl (C=O) groups excluding carboxylic acids is 1. The lowest BCUT2D eigenvalue weighted by molar-refractivity contribution is -0.115. The van der Waals surface area contributed by atoms with Gasteiger partial charge in [-0.15, -0.1) is 11.6 Å². The molecule has 0 unspecified atom stereocenters. The molecule has 0 spiro atoms. The van der Waals surface area contributed by atoms with Crippen LogP contribution in [0.25, 0.3) is 0 Å². The Hall–Kier alpha value is -1.11. The van der Waals surface area contributed by atoms with Crippen molar-refractivity contribution in [2.24, 2.45) is 0 Å². The molecule has 0 bridgehead atoms. The number of nitrogens with one attached hydrogen (secondary N) is 1. The van der Waals surface area contributed by atoms with E-state index in [0.717, 1.165) is 12.8 Å². The second kappa shape index (κ2) is 6.56. The number of benzene rings is 1. The summed E-state index contributed by atoms with van der Waals surface area (Å²) in [5, 5.41) is 2.66. The van der Waals surface area contributed by atoms with Gasteiger partial charge in [-0.05, 0) is 37.1 Å². The number of halogens is 1. The molecule has 1 heterocycles. The lowest BCUT2D eigenvalue weighted by Crippen LogP contribution is -2.27. The number of carbonyl (C=O) groups is 1. The molecule has 1 aliphatic heterocycles. The number of amides is 1. The molecule has 5 nitrogen and oxygen atoms in total. The predicted octanol–water partition coefficient (Wildman–Crippen LogP) is 2.04. The van der Waals surface area contributed by atoms with E-state index in [4.69, 9.17) is 11.6 Å². The van der Waals surface area contributed by atoms with Crippen LogP contribution >= 0.6 is 11.6 Å². The lowest BCUT2D eigenvalue weighted by Gasteiger charge is -2.15. The van der Waals surface area contributed by atoms with Crippen LogP contribution in [0.5, 0.6) is 0 Å². The van der Waals surface area contributed by atoms with Gasteiger partial charge in [0.1, 0.15) is 0 Å². The minimum Gasteiger partial charge on any atom is -0.326 e. The summed E-state index contributed by atoms with van der Waals surface area (Å²) in [4.78, 5) is 11.6. The SMILES string of the molecule is O=C(CCCl)Nc1ccc(S(=O)(=O)N2CCCC2)cc1. The zero-order valence-electron chi connectivity index (χ0n) is 11.0. The van der Waals surface area contributed by atoms with E-state index in [2.05, 4.69) is 5.32 Å². The largest absolute Gasteiger partial charge is 0.326 e. The third-order valence-corrected chi connectivity index (χ3v) is 5.26. The molecule has 1 N–H and O–H groups in total. The minimum atomic E-state index is -3.39. The van der Waals surface area contributed by atoms with Crippen LogP contribution in [0.3, 0.4) is 0 Å². The van der Waals surface area contributed by atoms with Gasteiger partial charge in [-0.3, -0.25) is 4.79 Å². The van der Waals surface area contributed by atoms with Gasteiger partial charge in [-0.25, -0.2) is 8.42 Å². The Morgan fingerprint density at radius 1 is 1.20 bits per heavy atom. The van der Waals surface area contributed by atoms with E-state index in [1.165, 1.54) is 16.4 Å². The van der Waals surface area contributed by atoms with Gasteiger partial charge in [-0.2, -0.15) is 4.31 Å². The van der Waals surface area contributed by atoms with Crippen LogP contribution in [-0.2, 0) is 14.8 Å². The summed E-state index contributed by atoms with van der Waals surface area (Å²) < 4.78 is 26.1. The molecule has 1 saturated heterocycles. The number of sulfonamides is 1. The van der Waals surface area contributed by atoms with E-state index >= 15 is 0 Å². The minimum absolute atomic E-state index is 0.185.